The SMILES string of the molecule is CCOC(=O)C(NS(=O)(=O)c1cc(Cl)sc1Cl)c1ccccc1. The van der Waals surface area contributed by atoms with Crippen LogP contribution < -0.4 is 4.72 Å². The monoisotopic (exact) mass is 393 g/mol. The lowest BCUT2D eigenvalue weighted by Crippen LogP contribution is -2.35. The highest BCUT2D eigenvalue weighted by molar-refractivity contribution is 7.89. The molecule has 0 saturated heterocycles. The number of carbonyl (C=O) groups excluding carboxylic acids is 1. The van der Waals surface area contributed by atoms with Crippen molar-refractivity contribution >= 4 is 50.5 Å². The lowest BCUT2D eigenvalue weighted by atomic mass is 10.1. The minimum Gasteiger partial charge on any atom is -0.465 e. The molecule has 5 nitrogen and oxygen atoms in total. The van der Waals surface area contributed by atoms with E-state index in [1.807, 2.05) is 0 Å². The van der Waals surface area contributed by atoms with Gasteiger partial charge in [-0.25, -0.2) is 13.2 Å². The van der Waals surface area contributed by atoms with Gasteiger partial charge in [-0.05, 0) is 18.6 Å². The summed E-state index contributed by atoms with van der Waals surface area (Å²) in [6.45, 7) is 1.78. The van der Waals surface area contributed by atoms with Crippen LogP contribution in [0.1, 0.15) is 18.5 Å². The van der Waals surface area contributed by atoms with Gasteiger partial charge in [-0.15, -0.1) is 11.3 Å². The number of hydrogen-bond donors (Lipinski definition) is 1. The molecule has 9 heteroatoms. The normalized spacial score (nSPS) is 12.8. The summed E-state index contributed by atoms with van der Waals surface area (Å²) < 4.78 is 32.6. The van der Waals surface area contributed by atoms with Crippen LogP contribution in [0.5, 0.6) is 0 Å². The van der Waals surface area contributed by atoms with Crippen molar-refractivity contribution in [1.29, 1.82) is 0 Å². The Bertz CT molecular complexity index is 790. The minimum absolute atomic E-state index is 0.0261. The summed E-state index contributed by atoms with van der Waals surface area (Å²) in [4.78, 5) is 12.0. The molecule has 0 saturated carbocycles. The Morgan fingerprint density at radius 2 is 1.96 bits per heavy atom. The zero-order valence-corrected chi connectivity index (χ0v) is 15.1. The number of benzene rings is 1. The van der Waals surface area contributed by atoms with Crippen molar-refractivity contribution in [1.82, 2.24) is 4.72 Å². The van der Waals surface area contributed by atoms with E-state index in [0.717, 1.165) is 11.3 Å². The number of rotatable bonds is 6. The molecule has 0 aliphatic heterocycles. The summed E-state index contributed by atoms with van der Waals surface area (Å²) in [7, 11) is -4.04. The number of hydrogen-bond acceptors (Lipinski definition) is 5. The Morgan fingerprint density at radius 3 is 2.48 bits per heavy atom. The molecule has 0 radical (unpaired) electrons. The Morgan fingerprint density at radius 1 is 1.30 bits per heavy atom. The molecule has 1 aromatic carbocycles. The van der Waals surface area contributed by atoms with Gasteiger partial charge in [-0.1, -0.05) is 53.5 Å². The van der Waals surface area contributed by atoms with Gasteiger partial charge in [0.05, 0.1) is 10.9 Å². The van der Waals surface area contributed by atoms with Crippen LogP contribution in [0, 0.1) is 0 Å². The van der Waals surface area contributed by atoms with Crippen molar-refractivity contribution in [2.75, 3.05) is 6.61 Å². The first-order valence-corrected chi connectivity index (χ1v) is 9.59. The standard InChI is InChI=1S/C14H13Cl2NO4S2/c1-2-21-14(18)12(9-6-4-3-5-7-9)17-23(19,20)10-8-11(15)22-13(10)16/h3-8,12,17H,2H2,1H3. The fourth-order valence-corrected chi connectivity index (χ4v) is 5.17. The molecule has 2 rings (SSSR count). The van der Waals surface area contributed by atoms with Crippen LogP contribution in [0.2, 0.25) is 8.67 Å². The maximum atomic E-state index is 12.5. The quantitative estimate of drug-likeness (QED) is 0.760. The van der Waals surface area contributed by atoms with E-state index < -0.39 is 22.0 Å². The van der Waals surface area contributed by atoms with Crippen LogP contribution in [-0.2, 0) is 19.6 Å². The van der Waals surface area contributed by atoms with E-state index in [0.29, 0.717) is 5.56 Å². The third-order valence-electron chi connectivity index (χ3n) is 2.84. The molecular weight excluding hydrogens is 381 g/mol. The number of esters is 1. The highest BCUT2D eigenvalue weighted by atomic mass is 35.5. The Hall–Kier alpha value is -1.12. The number of carbonyl (C=O) groups is 1. The van der Waals surface area contributed by atoms with Gasteiger partial charge in [0, 0.05) is 0 Å². The molecule has 1 N–H and O–H groups in total. The molecule has 0 amide bonds. The number of ether oxygens (including phenoxy) is 1. The first-order chi connectivity index (χ1) is 10.8. The highest BCUT2D eigenvalue weighted by Crippen LogP contribution is 2.34. The van der Waals surface area contributed by atoms with Crippen molar-refractivity contribution in [2.24, 2.45) is 0 Å². The topological polar surface area (TPSA) is 72.5 Å². The summed E-state index contributed by atoms with van der Waals surface area (Å²) in [6, 6.07) is 8.49. The van der Waals surface area contributed by atoms with Gasteiger partial charge in [0.1, 0.15) is 15.3 Å². The molecule has 0 aliphatic rings. The number of thiophene rings is 1. The lowest BCUT2D eigenvalue weighted by Gasteiger charge is -2.17. The van der Waals surface area contributed by atoms with E-state index in [-0.39, 0.29) is 20.2 Å². The van der Waals surface area contributed by atoms with Gasteiger partial charge in [-0.3, -0.25) is 0 Å². The zero-order chi connectivity index (χ0) is 17.0. The third kappa shape index (κ3) is 4.45. The van der Waals surface area contributed by atoms with E-state index in [4.69, 9.17) is 27.9 Å². The minimum atomic E-state index is -4.04. The van der Waals surface area contributed by atoms with Crippen LogP contribution >= 0.6 is 34.5 Å². The second kappa shape index (κ2) is 7.63. The second-order valence-corrected chi connectivity index (χ2v) is 8.37. The Labute approximate surface area is 148 Å². The van der Waals surface area contributed by atoms with Crippen LogP contribution in [-0.4, -0.2) is 21.0 Å². The summed E-state index contributed by atoms with van der Waals surface area (Å²) >= 11 is 12.6. The van der Waals surface area contributed by atoms with Crippen molar-refractivity contribution < 1.29 is 17.9 Å². The van der Waals surface area contributed by atoms with Gasteiger partial charge >= 0.3 is 5.97 Å². The molecule has 1 aromatic heterocycles. The Balaban J connectivity index is 2.37. The average molecular weight is 394 g/mol. The summed E-state index contributed by atoms with van der Waals surface area (Å²) in [5.74, 6) is -0.695. The molecule has 0 aliphatic carbocycles. The number of sulfonamides is 1. The molecule has 23 heavy (non-hydrogen) atoms. The van der Waals surface area contributed by atoms with Gasteiger partial charge < -0.3 is 4.74 Å². The maximum Gasteiger partial charge on any atom is 0.328 e. The molecule has 0 spiro atoms. The van der Waals surface area contributed by atoms with Crippen LogP contribution in [0.3, 0.4) is 0 Å². The largest absolute Gasteiger partial charge is 0.465 e. The predicted octanol–water partition coefficient (Wildman–Crippen LogP) is 3.64. The molecule has 2 aromatic rings. The fourth-order valence-electron chi connectivity index (χ4n) is 1.85. The molecule has 0 fully saturated rings. The first-order valence-electron chi connectivity index (χ1n) is 6.54. The van der Waals surface area contributed by atoms with Crippen LogP contribution in [0.15, 0.2) is 41.3 Å². The van der Waals surface area contributed by atoms with Gasteiger partial charge in [-0.2, -0.15) is 4.72 Å². The molecular formula is C14H13Cl2NO4S2. The predicted molar refractivity (Wildman–Crippen MR) is 90.5 cm³/mol. The smallest absolute Gasteiger partial charge is 0.328 e. The van der Waals surface area contributed by atoms with Crippen molar-refractivity contribution in [3.63, 3.8) is 0 Å². The first kappa shape index (κ1) is 18.2. The van der Waals surface area contributed by atoms with Crippen molar-refractivity contribution in [2.45, 2.75) is 17.9 Å². The molecule has 124 valence electrons. The summed E-state index contributed by atoms with van der Waals surface area (Å²) in [5, 5.41) is 0. The zero-order valence-electron chi connectivity index (χ0n) is 12.0. The average Bonchev–Trinajstić information content (AvgIpc) is 2.85. The highest BCUT2D eigenvalue weighted by Gasteiger charge is 2.30. The number of halogens is 2. The van der Waals surface area contributed by atoms with Gasteiger partial charge in [0.25, 0.3) is 0 Å². The molecule has 1 unspecified atom stereocenters. The van der Waals surface area contributed by atoms with E-state index in [1.54, 1.807) is 37.3 Å². The lowest BCUT2D eigenvalue weighted by molar-refractivity contribution is -0.145. The summed E-state index contributed by atoms with van der Waals surface area (Å²) in [6.07, 6.45) is 0. The van der Waals surface area contributed by atoms with E-state index >= 15 is 0 Å². The van der Waals surface area contributed by atoms with Gasteiger partial charge in [0.15, 0.2) is 0 Å². The fraction of sp³-hybridized carbons (Fsp3) is 0.214. The summed E-state index contributed by atoms with van der Waals surface area (Å²) in [5.41, 5.74) is 0.465. The third-order valence-corrected chi connectivity index (χ3v) is 6.02. The molecule has 1 atom stereocenters. The van der Waals surface area contributed by atoms with E-state index in [9.17, 15) is 13.2 Å². The maximum absolute atomic E-state index is 12.5. The second-order valence-electron chi connectivity index (χ2n) is 4.41. The van der Waals surface area contributed by atoms with E-state index in [1.165, 1.54) is 6.07 Å². The van der Waals surface area contributed by atoms with E-state index in [2.05, 4.69) is 4.72 Å². The van der Waals surface area contributed by atoms with Crippen LogP contribution in [0.25, 0.3) is 0 Å². The van der Waals surface area contributed by atoms with Crippen molar-refractivity contribution in [3.05, 3.63) is 50.6 Å². The molecule has 0 bridgehead atoms. The number of nitrogens with one attached hydrogen (secondary N) is 1. The molecule has 1 heterocycles. The van der Waals surface area contributed by atoms with Crippen molar-refractivity contribution in [3.8, 4) is 0 Å². The van der Waals surface area contributed by atoms with Gasteiger partial charge in [0.2, 0.25) is 10.0 Å². The van der Waals surface area contributed by atoms with Crippen LogP contribution in [0.4, 0.5) is 0 Å². The Kier molecular flexibility index (Phi) is 6.05.